The van der Waals surface area contributed by atoms with Gasteiger partial charge < -0.3 is 10.1 Å². The third kappa shape index (κ3) is 4.79. The van der Waals surface area contributed by atoms with Crippen LogP contribution in [0.25, 0.3) is 0 Å². The van der Waals surface area contributed by atoms with E-state index in [4.69, 9.17) is 4.74 Å². The third-order valence-corrected chi connectivity index (χ3v) is 3.23. The Balaban J connectivity index is 2.79. The lowest BCUT2D eigenvalue weighted by atomic mass is 10.1. The van der Waals surface area contributed by atoms with Crippen molar-refractivity contribution in [3.63, 3.8) is 0 Å². The minimum atomic E-state index is -4.51. The number of halogens is 4. The second-order valence-corrected chi connectivity index (χ2v) is 5.02. The number of carbonyl (C=O) groups excluding carboxylic acids is 1. The number of ether oxygens (including phenoxy) is 1. The van der Waals surface area contributed by atoms with Gasteiger partial charge in [-0.25, -0.2) is 0 Å². The maximum Gasteiger partial charge on any atom is 0.417 e. The van der Waals surface area contributed by atoms with Gasteiger partial charge in [0.1, 0.15) is 0 Å². The highest BCUT2D eigenvalue weighted by molar-refractivity contribution is 9.10. The van der Waals surface area contributed by atoms with Crippen LogP contribution < -0.4 is 5.32 Å². The third-order valence-electron chi connectivity index (χ3n) is 2.54. The van der Waals surface area contributed by atoms with Gasteiger partial charge in [-0.2, -0.15) is 13.2 Å². The molecule has 0 aliphatic heterocycles. The van der Waals surface area contributed by atoms with Crippen molar-refractivity contribution in [3.05, 3.63) is 33.8 Å². The number of benzene rings is 1. The van der Waals surface area contributed by atoms with E-state index in [2.05, 4.69) is 21.2 Å². The molecule has 0 heterocycles. The topological polar surface area (TPSA) is 38.3 Å². The zero-order valence-corrected chi connectivity index (χ0v) is 12.6. The Morgan fingerprint density at radius 2 is 2.10 bits per heavy atom. The fourth-order valence-electron chi connectivity index (χ4n) is 1.57. The molecule has 1 atom stereocenters. The molecule has 1 rings (SSSR count). The van der Waals surface area contributed by atoms with Crippen molar-refractivity contribution in [2.24, 2.45) is 0 Å². The number of rotatable bonds is 5. The highest BCUT2D eigenvalue weighted by Gasteiger charge is 2.33. The van der Waals surface area contributed by atoms with Gasteiger partial charge in [-0.1, -0.05) is 15.9 Å². The van der Waals surface area contributed by atoms with Gasteiger partial charge in [0.25, 0.3) is 5.91 Å². The van der Waals surface area contributed by atoms with Gasteiger partial charge in [-0.15, -0.1) is 0 Å². The highest BCUT2D eigenvalue weighted by Crippen LogP contribution is 2.35. The molecule has 0 spiro atoms. The molecule has 7 heteroatoms. The lowest BCUT2D eigenvalue weighted by Crippen LogP contribution is -2.32. The van der Waals surface area contributed by atoms with Crippen LogP contribution in [0.5, 0.6) is 0 Å². The number of hydrogen-bond acceptors (Lipinski definition) is 2. The summed E-state index contributed by atoms with van der Waals surface area (Å²) in [5.74, 6) is -0.561. The van der Waals surface area contributed by atoms with Crippen LogP contribution in [-0.4, -0.2) is 25.2 Å². The summed E-state index contributed by atoms with van der Waals surface area (Å²) in [5, 5.41) is 2.54. The monoisotopic (exact) mass is 353 g/mol. The van der Waals surface area contributed by atoms with Crippen LogP contribution in [0.2, 0.25) is 0 Å². The number of nitrogens with one attached hydrogen (secondary N) is 1. The van der Waals surface area contributed by atoms with Gasteiger partial charge in [0.2, 0.25) is 0 Å². The summed E-state index contributed by atoms with van der Waals surface area (Å²) in [5.41, 5.74) is -0.910. The quantitative estimate of drug-likeness (QED) is 0.877. The molecule has 1 N–H and O–H groups in total. The molecule has 0 aliphatic rings. The van der Waals surface area contributed by atoms with E-state index >= 15 is 0 Å². The number of amides is 1. The molecule has 1 aromatic carbocycles. The first-order chi connectivity index (χ1) is 9.25. The molecule has 0 aromatic heterocycles. The van der Waals surface area contributed by atoms with Crippen molar-refractivity contribution in [1.82, 2.24) is 5.32 Å². The van der Waals surface area contributed by atoms with Crippen molar-refractivity contribution >= 4 is 21.8 Å². The maximum absolute atomic E-state index is 12.7. The molecule has 3 nitrogen and oxygen atoms in total. The Morgan fingerprint density at radius 3 is 2.65 bits per heavy atom. The molecule has 112 valence electrons. The number of carbonyl (C=O) groups is 1. The second-order valence-electron chi connectivity index (χ2n) is 4.17. The lowest BCUT2D eigenvalue weighted by molar-refractivity contribution is -0.138. The lowest BCUT2D eigenvalue weighted by Gasteiger charge is -2.14. The van der Waals surface area contributed by atoms with E-state index < -0.39 is 17.6 Å². The zero-order chi connectivity index (χ0) is 15.3. The minimum Gasteiger partial charge on any atom is -0.377 e. The van der Waals surface area contributed by atoms with Crippen molar-refractivity contribution < 1.29 is 22.7 Å². The minimum absolute atomic E-state index is 0.0378. The average molecular weight is 354 g/mol. The first-order valence-corrected chi connectivity index (χ1v) is 6.81. The molecule has 0 bridgehead atoms. The Hall–Kier alpha value is -1.08. The molecule has 0 fully saturated rings. The molecule has 0 aliphatic carbocycles. The summed E-state index contributed by atoms with van der Waals surface area (Å²) in [4.78, 5) is 11.8. The average Bonchev–Trinajstić information content (AvgIpc) is 2.35. The van der Waals surface area contributed by atoms with Crippen molar-refractivity contribution in [3.8, 4) is 0 Å². The number of hydrogen-bond donors (Lipinski definition) is 1. The van der Waals surface area contributed by atoms with Gasteiger partial charge in [-0.3, -0.25) is 4.79 Å². The van der Waals surface area contributed by atoms with E-state index in [1.807, 2.05) is 6.92 Å². The molecule has 0 saturated carbocycles. The van der Waals surface area contributed by atoms with Gasteiger partial charge in [-0.05, 0) is 32.0 Å². The maximum atomic E-state index is 12.7. The van der Waals surface area contributed by atoms with Crippen LogP contribution in [0, 0.1) is 0 Å². The van der Waals surface area contributed by atoms with Crippen LogP contribution >= 0.6 is 15.9 Å². The second kappa shape index (κ2) is 7.08. The highest BCUT2D eigenvalue weighted by atomic mass is 79.9. The van der Waals surface area contributed by atoms with Crippen LogP contribution in [0.3, 0.4) is 0 Å². The van der Waals surface area contributed by atoms with Gasteiger partial charge in [0.05, 0.1) is 11.7 Å². The summed E-state index contributed by atoms with van der Waals surface area (Å²) in [6.07, 6.45) is -4.70. The Morgan fingerprint density at radius 1 is 1.45 bits per heavy atom. The molecule has 1 amide bonds. The van der Waals surface area contributed by atoms with Crippen LogP contribution in [0.15, 0.2) is 22.7 Å². The van der Waals surface area contributed by atoms with E-state index in [0.29, 0.717) is 6.61 Å². The predicted octanol–water partition coefficient (Wildman–Crippen LogP) is 3.62. The summed E-state index contributed by atoms with van der Waals surface area (Å²) in [6, 6.07) is 3.37. The summed E-state index contributed by atoms with van der Waals surface area (Å²) < 4.78 is 43.3. The summed E-state index contributed by atoms with van der Waals surface area (Å²) in [6.45, 7) is 4.34. The molecule has 20 heavy (non-hydrogen) atoms. The molecule has 0 radical (unpaired) electrons. The van der Waals surface area contributed by atoms with Gasteiger partial charge in [0, 0.05) is 23.2 Å². The fourth-order valence-corrected chi connectivity index (χ4v) is 2.04. The van der Waals surface area contributed by atoms with E-state index in [0.717, 1.165) is 6.07 Å². The normalized spacial score (nSPS) is 13.1. The molecule has 0 saturated heterocycles. The van der Waals surface area contributed by atoms with E-state index in [1.54, 1.807) is 6.92 Å². The molecular weight excluding hydrogens is 339 g/mol. The van der Waals surface area contributed by atoms with Crippen LogP contribution in [-0.2, 0) is 10.9 Å². The first kappa shape index (κ1) is 17.0. The predicted molar refractivity (Wildman–Crippen MR) is 72.6 cm³/mol. The molecule has 1 aromatic rings. The standard InChI is InChI=1S/C13H15BrF3NO2/c1-3-20-8(2)7-18-12(19)9-4-5-11(14)10(6-9)13(15,16)17/h4-6,8H,3,7H2,1-2H3,(H,18,19). The van der Waals surface area contributed by atoms with Crippen molar-refractivity contribution in [1.29, 1.82) is 0 Å². The zero-order valence-electron chi connectivity index (χ0n) is 11.1. The number of alkyl halides is 3. The molecular formula is C13H15BrF3NO2. The Bertz CT molecular complexity index is 477. The van der Waals surface area contributed by atoms with E-state index in [9.17, 15) is 18.0 Å². The first-order valence-electron chi connectivity index (χ1n) is 6.02. The smallest absolute Gasteiger partial charge is 0.377 e. The summed E-state index contributed by atoms with van der Waals surface area (Å²) >= 11 is 2.83. The van der Waals surface area contributed by atoms with E-state index in [1.165, 1.54) is 12.1 Å². The van der Waals surface area contributed by atoms with E-state index in [-0.39, 0.29) is 22.7 Å². The largest absolute Gasteiger partial charge is 0.417 e. The Labute approximate surface area is 123 Å². The fraction of sp³-hybridized carbons (Fsp3) is 0.462. The van der Waals surface area contributed by atoms with Crippen molar-refractivity contribution in [2.75, 3.05) is 13.2 Å². The SMILES string of the molecule is CCOC(C)CNC(=O)c1ccc(Br)c(C(F)(F)F)c1. The van der Waals surface area contributed by atoms with Crippen molar-refractivity contribution in [2.45, 2.75) is 26.1 Å². The summed E-state index contributed by atoms with van der Waals surface area (Å²) in [7, 11) is 0. The van der Waals surface area contributed by atoms with Crippen LogP contribution in [0.4, 0.5) is 13.2 Å². The Kier molecular flexibility index (Phi) is 6.01. The van der Waals surface area contributed by atoms with Gasteiger partial charge >= 0.3 is 6.18 Å². The molecule has 1 unspecified atom stereocenters. The van der Waals surface area contributed by atoms with Gasteiger partial charge in [0.15, 0.2) is 0 Å². The van der Waals surface area contributed by atoms with Crippen LogP contribution in [0.1, 0.15) is 29.8 Å².